The van der Waals surface area contributed by atoms with E-state index < -0.39 is 0 Å². The van der Waals surface area contributed by atoms with Crippen molar-refractivity contribution in [1.29, 1.82) is 0 Å². The van der Waals surface area contributed by atoms with Gasteiger partial charge in [-0.3, -0.25) is 0 Å². The van der Waals surface area contributed by atoms with Gasteiger partial charge in [0.1, 0.15) is 0 Å². The van der Waals surface area contributed by atoms with E-state index in [1.165, 1.54) is 45.1 Å². The topological polar surface area (TPSA) is 21.3 Å². The van der Waals surface area contributed by atoms with Crippen LogP contribution in [0, 0.1) is 11.8 Å². The highest BCUT2D eigenvalue weighted by Gasteiger charge is 2.14. The molecule has 1 rings (SSSR count). The SMILES string of the molecule is CCCCC(CC)CCNCC1CCOC1. The van der Waals surface area contributed by atoms with E-state index in [1.54, 1.807) is 0 Å². The predicted octanol–water partition coefficient (Wildman–Crippen LogP) is 3.22. The Kier molecular flexibility index (Phi) is 7.87. The van der Waals surface area contributed by atoms with E-state index in [9.17, 15) is 0 Å². The molecule has 0 amide bonds. The Morgan fingerprint density at radius 1 is 1.31 bits per heavy atom. The Morgan fingerprint density at radius 3 is 2.81 bits per heavy atom. The van der Waals surface area contributed by atoms with E-state index in [1.807, 2.05) is 0 Å². The van der Waals surface area contributed by atoms with Gasteiger partial charge in [-0.1, -0.05) is 39.5 Å². The molecule has 1 aliphatic rings. The molecule has 1 heterocycles. The van der Waals surface area contributed by atoms with Gasteiger partial charge in [0.25, 0.3) is 0 Å². The molecule has 1 fully saturated rings. The second kappa shape index (κ2) is 9.00. The number of nitrogens with one attached hydrogen (secondary N) is 1. The van der Waals surface area contributed by atoms with Crippen LogP contribution in [-0.4, -0.2) is 26.3 Å². The zero-order valence-corrected chi connectivity index (χ0v) is 11.1. The molecule has 0 aliphatic carbocycles. The molecule has 2 heteroatoms. The third-order valence-corrected chi connectivity index (χ3v) is 3.73. The van der Waals surface area contributed by atoms with Crippen LogP contribution in [0.2, 0.25) is 0 Å². The van der Waals surface area contributed by atoms with Gasteiger partial charge in [0.2, 0.25) is 0 Å². The van der Waals surface area contributed by atoms with Crippen molar-refractivity contribution in [3.8, 4) is 0 Å². The van der Waals surface area contributed by atoms with Gasteiger partial charge >= 0.3 is 0 Å². The van der Waals surface area contributed by atoms with E-state index in [-0.39, 0.29) is 0 Å². The van der Waals surface area contributed by atoms with Gasteiger partial charge < -0.3 is 10.1 Å². The van der Waals surface area contributed by atoms with E-state index >= 15 is 0 Å². The van der Waals surface area contributed by atoms with Crippen molar-refractivity contribution in [1.82, 2.24) is 5.32 Å². The molecular weight excluding hydrogens is 198 g/mol. The van der Waals surface area contributed by atoms with Gasteiger partial charge in [-0.2, -0.15) is 0 Å². The second-order valence-electron chi connectivity index (χ2n) is 5.14. The molecule has 1 N–H and O–H groups in total. The molecule has 2 unspecified atom stereocenters. The average molecular weight is 227 g/mol. The normalized spacial score (nSPS) is 22.5. The lowest BCUT2D eigenvalue weighted by Gasteiger charge is -2.15. The van der Waals surface area contributed by atoms with Crippen molar-refractivity contribution >= 4 is 0 Å². The quantitative estimate of drug-likeness (QED) is 0.611. The van der Waals surface area contributed by atoms with Gasteiger partial charge in [0.15, 0.2) is 0 Å². The fourth-order valence-corrected chi connectivity index (χ4v) is 2.40. The van der Waals surface area contributed by atoms with Gasteiger partial charge in [0, 0.05) is 13.2 Å². The summed E-state index contributed by atoms with van der Waals surface area (Å²) >= 11 is 0. The molecule has 0 bridgehead atoms. The third kappa shape index (κ3) is 5.86. The Balaban J connectivity index is 1.95. The fraction of sp³-hybridized carbons (Fsp3) is 1.00. The van der Waals surface area contributed by atoms with Gasteiger partial charge in [-0.05, 0) is 31.2 Å². The molecule has 0 aromatic rings. The maximum absolute atomic E-state index is 5.37. The highest BCUT2D eigenvalue weighted by atomic mass is 16.5. The molecule has 0 aromatic heterocycles. The van der Waals surface area contributed by atoms with E-state index in [2.05, 4.69) is 19.2 Å². The first-order chi connectivity index (χ1) is 7.86. The zero-order chi connectivity index (χ0) is 11.6. The van der Waals surface area contributed by atoms with Crippen molar-refractivity contribution in [2.75, 3.05) is 26.3 Å². The molecule has 1 aliphatic heterocycles. The Hall–Kier alpha value is -0.0800. The fourth-order valence-electron chi connectivity index (χ4n) is 2.40. The van der Waals surface area contributed by atoms with Crippen molar-refractivity contribution < 1.29 is 4.74 Å². The Bertz CT molecular complexity index is 155. The summed E-state index contributed by atoms with van der Waals surface area (Å²) in [6.45, 7) is 8.90. The summed E-state index contributed by atoms with van der Waals surface area (Å²) in [5, 5.41) is 3.59. The molecule has 96 valence electrons. The van der Waals surface area contributed by atoms with E-state index in [4.69, 9.17) is 4.74 Å². The molecule has 1 saturated heterocycles. The molecule has 2 nitrogen and oxygen atoms in total. The minimum Gasteiger partial charge on any atom is -0.381 e. The first-order valence-corrected chi connectivity index (χ1v) is 7.15. The first-order valence-electron chi connectivity index (χ1n) is 7.15. The van der Waals surface area contributed by atoms with Crippen LogP contribution in [0.25, 0.3) is 0 Å². The van der Waals surface area contributed by atoms with Crippen LogP contribution >= 0.6 is 0 Å². The van der Waals surface area contributed by atoms with Crippen molar-refractivity contribution in [2.24, 2.45) is 11.8 Å². The van der Waals surface area contributed by atoms with Crippen LogP contribution in [0.5, 0.6) is 0 Å². The molecular formula is C14H29NO. The smallest absolute Gasteiger partial charge is 0.0507 e. The summed E-state index contributed by atoms with van der Waals surface area (Å²) in [7, 11) is 0. The predicted molar refractivity (Wildman–Crippen MR) is 69.7 cm³/mol. The minimum absolute atomic E-state index is 0.774. The maximum atomic E-state index is 5.37. The van der Waals surface area contributed by atoms with E-state index in [0.717, 1.165) is 31.6 Å². The van der Waals surface area contributed by atoms with Crippen LogP contribution in [0.15, 0.2) is 0 Å². The highest BCUT2D eigenvalue weighted by molar-refractivity contribution is 4.67. The Labute approximate surface area is 101 Å². The molecule has 16 heavy (non-hydrogen) atoms. The summed E-state index contributed by atoms with van der Waals surface area (Å²) < 4.78 is 5.37. The molecule has 0 radical (unpaired) electrons. The maximum Gasteiger partial charge on any atom is 0.0507 e. The summed E-state index contributed by atoms with van der Waals surface area (Å²) in [6.07, 6.45) is 8.10. The lowest BCUT2D eigenvalue weighted by Crippen LogP contribution is -2.25. The third-order valence-electron chi connectivity index (χ3n) is 3.73. The molecule has 2 atom stereocenters. The van der Waals surface area contributed by atoms with Crippen LogP contribution < -0.4 is 5.32 Å². The Morgan fingerprint density at radius 2 is 2.19 bits per heavy atom. The standard InChI is InChI=1S/C14H29NO/c1-3-5-6-13(4-2)7-9-15-11-14-8-10-16-12-14/h13-15H,3-12H2,1-2H3. The highest BCUT2D eigenvalue weighted by Crippen LogP contribution is 2.16. The lowest BCUT2D eigenvalue weighted by molar-refractivity contribution is 0.185. The monoisotopic (exact) mass is 227 g/mol. The molecule has 0 saturated carbocycles. The average Bonchev–Trinajstić information content (AvgIpc) is 2.81. The van der Waals surface area contributed by atoms with E-state index in [0.29, 0.717) is 0 Å². The first kappa shape index (κ1) is 14.0. The lowest BCUT2D eigenvalue weighted by atomic mass is 9.96. The number of ether oxygens (including phenoxy) is 1. The number of hydrogen-bond acceptors (Lipinski definition) is 2. The number of rotatable bonds is 9. The van der Waals surface area contributed by atoms with Gasteiger partial charge in [-0.25, -0.2) is 0 Å². The summed E-state index contributed by atoms with van der Waals surface area (Å²) in [5.74, 6) is 1.71. The van der Waals surface area contributed by atoms with Crippen molar-refractivity contribution in [2.45, 2.75) is 52.4 Å². The minimum atomic E-state index is 0.774. The largest absolute Gasteiger partial charge is 0.381 e. The molecule has 0 spiro atoms. The van der Waals surface area contributed by atoms with Crippen LogP contribution in [0.1, 0.15) is 52.4 Å². The van der Waals surface area contributed by atoms with Crippen molar-refractivity contribution in [3.63, 3.8) is 0 Å². The second-order valence-corrected chi connectivity index (χ2v) is 5.14. The zero-order valence-electron chi connectivity index (χ0n) is 11.1. The van der Waals surface area contributed by atoms with Gasteiger partial charge in [0.05, 0.1) is 6.61 Å². The molecule has 0 aromatic carbocycles. The van der Waals surface area contributed by atoms with Gasteiger partial charge in [-0.15, -0.1) is 0 Å². The van der Waals surface area contributed by atoms with Crippen LogP contribution in [0.3, 0.4) is 0 Å². The summed E-state index contributed by atoms with van der Waals surface area (Å²) in [4.78, 5) is 0. The van der Waals surface area contributed by atoms with Crippen molar-refractivity contribution in [3.05, 3.63) is 0 Å². The number of hydrogen-bond donors (Lipinski definition) is 1. The number of unbranched alkanes of at least 4 members (excludes halogenated alkanes) is 1. The van der Waals surface area contributed by atoms with Crippen LogP contribution in [0.4, 0.5) is 0 Å². The summed E-state index contributed by atoms with van der Waals surface area (Å²) in [5.41, 5.74) is 0. The summed E-state index contributed by atoms with van der Waals surface area (Å²) in [6, 6.07) is 0. The van der Waals surface area contributed by atoms with Crippen LogP contribution in [-0.2, 0) is 4.74 Å².